The lowest BCUT2D eigenvalue weighted by Gasteiger charge is -2.11. The van der Waals surface area contributed by atoms with Crippen LogP contribution in [0.4, 0.5) is 0 Å². The lowest BCUT2D eigenvalue weighted by atomic mass is 10.1. The van der Waals surface area contributed by atoms with Gasteiger partial charge in [0.1, 0.15) is 0 Å². The van der Waals surface area contributed by atoms with Crippen molar-refractivity contribution in [2.75, 3.05) is 0 Å². The molecule has 19 heavy (non-hydrogen) atoms. The molecule has 0 fully saturated rings. The Morgan fingerprint density at radius 3 is 2.68 bits per heavy atom. The summed E-state index contributed by atoms with van der Waals surface area (Å²) in [5.41, 5.74) is 4.53. The Balaban J connectivity index is 2.18. The van der Waals surface area contributed by atoms with Crippen molar-refractivity contribution in [2.45, 2.75) is 13.3 Å². The fourth-order valence-corrected chi connectivity index (χ4v) is 2.31. The maximum atomic E-state index is 4.47. The van der Waals surface area contributed by atoms with Gasteiger partial charge in [0, 0.05) is 7.05 Å². The second-order valence-corrected chi connectivity index (χ2v) is 4.50. The minimum atomic E-state index is 0.987. The highest BCUT2D eigenvalue weighted by atomic mass is 15.3. The Morgan fingerprint density at radius 2 is 1.95 bits per heavy atom. The number of benzene rings is 1. The standard InChI is InChI=1S/C15H16N4/c1-3-12-6-4-5-7-13(12)19-14(8-9-17-19)15-10-16-11-18(15)2/h4-11H,3H2,1-2H3. The van der Waals surface area contributed by atoms with Crippen molar-refractivity contribution in [1.82, 2.24) is 19.3 Å². The van der Waals surface area contributed by atoms with Gasteiger partial charge in [0.25, 0.3) is 0 Å². The van der Waals surface area contributed by atoms with Crippen LogP contribution < -0.4 is 0 Å². The number of para-hydroxylation sites is 1. The van der Waals surface area contributed by atoms with E-state index in [1.54, 1.807) is 6.33 Å². The number of hydrogen-bond acceptors (Lipinski definition) is 2. The van der Waals surface area contributed by atoms with Gasteiger partial charge >= 0.3 is 0 Å². The van der Waals surface area contributed by atoms with Crippen molar-refractivity contribution in [3.05, 3.63) is 54.6 Å². The number of aryl methyl sites for hydroxylation is 2. The highest BCUT2D eigenvalue weighted by Crippen LogP contribution is 2.23. The van der Waals surface area contributed by atoms with Crippen LogP contribution in [0.2, 0.25) is 0 Å². The molecule has 3 rings (SSSR count). The molecule has 4 nitrogen and oxygen atoms in total. The van der Waals surface area contributed by atoms with E-state index in [0.717, 1.165) is 23.5 Å². The molecule has 4 heteroatoms. The Kier molecular flexibility index (Phi) is 2.91. The molecule has 0 aliphatic carbocycles. The molecule has 0 spiro atoms. The molecule has 0 bridgehead atoms. The first kappa shape index (κ1) is 11.7. The molecule has 0 saturated heterocycles. The first-order chi connectivity index (χ1) is 9.31. The fraction of sp³-hybridized carbons (Fsp3) is 0.200. The van der Waals surface area contributed by atoms with E-state index in [4.69, 9.17) is 0 Å². The van der Waals surface area contributed by atoms with Crippen LogP contribution in [0.3, 0.4) is 0 Å². The van der Waals surface area contributed by atoms with E-state index >= 15 is 0 Å². The van der Waals surface area contributed by atoms with Crippen molar-refractivity contribution >= 4 is 0 Å². The van der Waals surface area contributed by atoms with Gasteiger partial charge in [0.2, 0.25) is 0 Å². The first-order valence-electron chi connectivity index (χ1n) is 6.40. The van der Waals surface area contributed by atoms with E-state index < -0.39 is 0 Å². The topological polar surface area (TPSA) is 35.6 Å². The van der Waals surface area contributed by atoms with Crippen LogP contribution in [0.1, 0.15) is 12.5 Å². The lowest BCUT2D eigenvalue weighted by molar-refractivity contribution is 0.848. The average molecular weight is 252 g/mol. The van der Waals surface area contributed by atoms with Crippen molar-refractivity contribution in [1.29, 1.82) is 0 Å². The predicted molar refractivity (Wildman–Crippen MR) is 75.1 cm³/mol. The summed E-state index contributed by atoms with van der Waals surface area (Å²) >= 11 is 0. The normalized spacial score (nSPS) is 10.8. The third-order valence-corrected chi connectivity index (χ3v) is 3.32. The molecule has 2 heterocycles. The summed E-state index contributed by atoms with van der Waals surface area (Å²) in [7, 11) is 1.99. The molecule has 0 saturated carbocycles. The van der Waals surface area contributed by atoms with E-state index in [1.165, 1.54) is 5.56 Å². The molecular formula is C15H16N4. The molecule has 1 aromatic carbocycles. The molecule has 96 valence electrons. The van der Waals surface area contributed by atoms with E-state index in [2.05, 4.69) is 35.2 Å². The van der Waals surface area contributed by atoms with Gasteiger partial charge in [-0.3, -0.25) is 0 Å². The van der Waals surface area contributed by atoms with Crippen LogP contribution in [0, 0.1) is 0 Å². The zero-order chi connectivity index (χ0) is 13.2. The zero-order valence-electron chi connectivity index (χ0n) is 11.1. The summed E-state index contributed by atoms with van der Waals surface area (Å²) in [6.45, 7) is 2.16. The van der Waals surface area contributed by atoms with E-state index in [-0.39, 0.29) is 0 Å². The summed E-state index contributed by atoms with van der Waals surface area (Å²) in [6, 6.07) is 10.4. The van der Waals surface area contributed by atoms with Gasteiger partial charge in [0.05, 0.1) is 35.8 Å². The van der Waals surface area contributed by atoms with Crippen molar-refractivity contribution in [3.8, 4) is 17.1 Å². The predicted octanol–water partition coefficient (Wildman–Crippen LogP) is 2.84. The van der Waals surface area contributed by atoms with Crippen molar-refractivity contribution in [2.24, 2.45) is 7.05 Å². The van der Waals surface area contributed by atoms with Crippen LogP contribution in [-0.4, -0.2) is 19.3 Å². The van der Waals surface area contributed by atoms with Gasteiger partial charge in [0.15, 0.2) is 0 Å². The molecule has 2 aromatic heterocycles. The highest BCUT2D eigenvalue weighted by molar-refractivity contribution is 5.58. The summed E-state index contributed by atoms with van der Waals surface area (Å²) in [6.07, 6.45) is 6.48. The summed E-state index contributed by atoms with van der Waals surface area (Å²) in [4.78, 5) is 4.18. The van der Waals surface area contributed by atoms with Gasteiger partial charge < -0.3 is 4.57 Å². The molecule has 0 aliphatic heterocycles. The van der Waals surface area contributed by atoms with Crippen molar-refractivity contribution in [3.63, 3.8) is 0 Å². The van der Waals surface area contributed by atoms with E-state index in [9.17, 15) is 0 Å². The van der Waals surface area contributed by atoms with Crippen molar-refractivity contribution < 1.29 is 0 Å². The number of hydrogen-bond donors (Lipinski definition) is 0. The van der Waals surface area contributed by atoms with Crippen LogP contribution in [0.25, 0.3) is 17.1 Å². The van der Waals surface area contributed by atoms with Crippen LogP contribution in [-0.2, 0) is 13.5 Å². The highest BCUT2D eigenvalue weighted by Gasteiger charge is 2.12. The maximum absolute atomic E-state index is 4.47. The van der Waals surface area contributed by atoms with Gasteiger partial charge in [-0.25, -0.2) is 9.67 Å². The summed E-state index contributed by atoms with van der Waals surface area (Å²) in [5.74, 6) is 0. The molecular weight excluding hydrogens is 236 g/mol. The SMILES string of the molecule is CCc1ccccc1-n1nccc1-c1cncn1C. The van der Waals surface area contributed by atoms with Gasteiger partial charge in [-0.15, -0.1) is 0 Å². The van der Waals surface area contributed by atoms with Gasteiger partial charge in [-0.05, 0) is 24.1 Å². The first-order valence-corrected chi connectivity index (χ1v) is 6.40. The maximum Gasteiger partial charge on any atom is 0.0948 e. The van der Waals surface area contributed by atoms with Crippen LogP contribution >= 0.6 is 0 Å². The molecule has 0 aliphatic rings. The fourth-order valence-electron chi connectivity index (χ4n) is 2.31. The molecule has 0 amide bonds. The lowest BCUT2D eigenvalue weighted by Crippen LogP contribution is -2.04. The quantitative estimate of drug-likeness (QED) is 0.718. The second kappa shape index (κ2) is 4.72. The van der Waals surface area contributed by atoms with E-state index in [1.807, 2.05) is 40.8 Å². The number of imidazole rings is 1. The number of aromatic nitrogens is 4. The van der Waals surface area contributed by atoms with E-state index in [0.29, 0.717) is 0 Å². The minimum absolute atomic E-state index is 0.987. The molecule has 0 unspecified atom stereocenters. The Morgan fingerprint density at radius 1 is 1.11 bits per heavy atom. The molecule has 0 N–H and O–H groups in total. The third kappa shape index (κ3) is 1.95. The average Bonchev–Trinajstić information content (AvgIpc) is 3.06. The summed E-state index contributed by atoms with van der Waals surface area (Å²) < 4.78 is 3.98. The Hall–Kier alpha value is -2.36. The number of nitrogens with zero attached hydrogens (tertiary/aromatic N) is 4. The van der Waals surface area contributed by atoms with Crippen LogP contribution in [0.5, 0.6) is 0 Å². The second-order valence-electron chi connectivity index (χ2n) is 4.50. The van der Waals surface area contributed by atoms with Crippen LogP contribution in [0.15, 0.2) is 49.1 Å². The van der Waals surface area contributed by atoms with Gasteiger partial charge in [-0.1, -0.05) is 25.1 Å². The third-order valence-electron chi connectivity index (χ3n) is 3.32. The monoisotopic (exact) mass is 252 g/mol. The van der Waals surface area contributed by atoms with Gasteiger partial charge in [-0.2, -0.15) is 5.10 Å². The molecule has 0 atom stereocenters. The smallest absolute Gasteiger partial charge is 0.0948 e. The zero-order valence-corrected chi connectivity index (χ0v) is 11.1. The molecule has 0 radical (unpaired) electrons. The Labute approximate surface area is 112 Å². The largest absolute Gasteiger partial charge is 0.332 e. The Bertz CT molecular complexity index is 694. The summed E-state index contributed by atoms with van der Waals surface area (Å²) in [5, 5.41) is 4.47. The minimum Gasteiger partial charge on any atom is -0.332 e. The number of rotatable bonds is 3. The molecule has 3 aromatic rings.